The number of benzene rings is 1. The quantitative estimate of drug-likeness (QED) is 0.354. The Morgan fingerprint density at radius 2 is 1.57 bits per heavy atom. The second-order valence-electron chi connectivity index (χ2n) is 15.3. The molecule has 1 saturated heterocycles. The fraction of sp³-hybridized carbons (Fsp3) is 0.667. The van der Waals surface area contributed by atoms with E-state index in [0.717, 1.165) is 47.4 Å². The minimum absolute atomic E-state index is 0.00594. The molecule has 2 aromatic rings. The first kappa shape index (κ1) is 31.6. The van der Waals surface area contributed by atoms with Gasteiger partial charge in [-0.15, -0.1) is 0 Å². The molecule has 2 atom stereocenters. The summed E-state index contributed by atoms with van der Waals surface area (Å²) in [5, 5.41) is 11.5. The first-order chi connectivity index (χ1) is 19.2. The number of fused-ring (bicyclic) bond motifs is 4. The van der Waals surface area contributed by atoms with Crippen LogP contribution in [0.2, 0.25) is 18.1 Å². The van der Waals surface area contributed by atoms with Gasteiger partial charge in [-0.3, -0.25) is 4.98 Å². The largest absolute Gasteiger partial charge is 0.416 e. The molecule has 1 aromatic carbocycles. The molecule has 0 saturated carbocycles. The summed E-state index contributed by atoms with van der Waals surface area (Å²) >= 11 is 0. The molecule has 1 spiro atoms. The lowest BCUT2D eigenvalue weighted by atomic mass is 9.69. The van der Waals surface area contributed by atoms with E-state index in [-0.39, 0.29) is 16.6 Å². The summed E-state index contributed by atoms with van der Waals surface area (Å²) in [4.78, 5) is 5.20. The highest BCUT2D eigenvalue weighted by Gasteiger charge is 2.54. The Morgan fingerprint density at radius 3 is 2.10 bits per heavy atom. The van der Waals surface area contributed by atoms with Gasteiger partial charge in [-0.25, -0.2) is 0 Å². The van der Waals surface area contributed by atoms with Gasteiger partial charge >= 0.3 is 6.18 Å². The van der Waals surface area contributed by atoms with Gasteiger partial charge in [0.2, 0.25) is 0 Å². The predicted molar refractivity (Wildman–Crippen MR) is 159 cm³/mol. The Kier molecular flexibility index (Phi) is 7.63. The molecule has 42 heavy (non-hydrogen) atoms. The smallest absolute Gasteiger partial charge is 0.410 e. The lowest BCUT2D eigenvalue weighted by Gasteiger charge is -2.46. The van der Waals surface area contributed by atoms with E-state index < -0.39 is 37.4 Å². The molecule has 9 heteroatoms. The van der Waals surface area contributed by atoms with E-state index in [4.69, 9.17) is 18.9 Å². The number of hydrogen-bond donors (Lipinski definition) is 1. The number of alkyl halides is 3. The molecule has 1 fully saturated rings. The van der Waals surface area contributed by atoms with Crippen LogP contribution in [0.15, 0.2) is 24.3 Å². The first-order valence-corrected chi connectivity index (χ1v) is 18.0. The number of pyridine rings is 1. The van der Waals surface area contributed by atoms with Crippen LogP contribution in [0.25, 0.3) is 0 Å². The van der Waals surface area contributed by atoms with Crippen molar-refractivity contribution in [1.82, 2.24) is 4.98 Å². The number of aliphatic hydroxyl groups is 1. The third-order valence-electron chi connectivity index (χ3n) is 9.78. The van der Waals surface area contributed by atoms with Crippen LogP contribution in [0.1, 0.15) is 119 Å². The molecule has 1 unspecified atom stereocenters. The first-order valence-electron chi connectivity index (χ1n) is 15.1. The molecule has 5 nitrogen and oxygen atoms in total. The molecule has 1 aliphatic carbocycles. The van der Waals surface area contributed by atoms with Crippen molar-refractivity contribution in [3.05, 3.63) is 63.5 Å². The Labute approximate surface area is 249 Å². The SMILES string of the molecule is CC1(C)Cc2nc(C(C)(C)O)c3c(c2C(O[Si](C)(C)C(C)(C)C)C1)C1(CCOCC1)O[C@@H]3c1ccc(C(F)(F)F)cc1. The maximum absolute atomic E-state index is 13.5. The molecule has 2 aliphatic heterocycles. The second-order valence-corrected chi connectivity index (χ2v) is 20.1. The normalized spacial score (nSPS) is 24.0. The van der Waals surface area contributed by atoms with Gasteiger partial charge in [0.1, 0.15) is 11.7 Å². The average molecular weight is 606 g/mol. The van der Waals surface area contributed by atoms with Crippen LogP contribution in [0.3, 0.4) is 0 Å². The summed E-state index contributed by atoms with van der Waals surface area (Å²) in [6.07, 6.45) is -2.56. The number of ether oxygens (including phenoxy) is 2. The molecule has 0 amide bonds. The second kappa shape index (κ2) is 10.1. The summed E-state index contributed by atoms with van der Waals surface area (Å²) in [6.45, 7) is 20.2. The van der Waals surface area contributed by atoms with Crippen molar-refractivity contribution in [2.24, 2.45) is 5.41 Å². The van der Waals surface area contributed by atoms with Crippen molar-refractivity contribution in [2.45, 2.75) is 122 Å². The molecular formula is C33H46F3NO4Si. The Bertz CT molecular complexity index is 1330. The summed E-state index contributed by atoms with van der Waals surface area (Å²) in [5.74, 6) is 0. The van der Waals surface area contributed by atoms with E-state index >= 15 is 0 Å². The summed E-state index contributed by atoms with van der Waals surface area (Å²) in [5.41, 5.74) is 2.08. The van der Waals surface area contributed by atoms with Crippen molar-refractivity contribution in [3.8, 4) is 0 Å². The van der Waals surface area contributed by atoms with Crippen LogP contribution in [-0.4, -0.2) is 31.6 Å². The minimum Gasteiger partial charge on any atom is -0.410 e. The van der Waals surface area contributed by atoms with Gasteiger partial charge in [-0.2, -0.15) is 13.2 Å². The van der Waals surface area contributed by atoms with Crippen LogP contribution in [0.5, 0.6) is 0 Å². The summed E-state index contributed by atoms with van der Waals surface area (Å²) in [7, 11) is -2.22. The molecular weight excluding hydrogens is 559 g/mol. The Balaban J connectivity index is 1.79. The molecule has 3 heterocycles. The molecule has 1 aromatic heterocycles. The van der Waals surface area contributed by atoms with Gasteiger partial charge < -0.3 is 19.0 Å². The highest BCUT2D eigenvalue weighted by atomic mass is 28.4. The third-order valence-corrected chi connectivity index (χ3v) is 14.3. The van der Waals surface area contributed by atoms with Crippen LogP contribution in [-0.2, 0) is 37.7 Å². The van der Waals surface area contributed by atoms with Gasteiger partial charge in [0.05, 0.1) is 23.0 Å². The maximum Gasteiger partial charge on any atom is 0.416 e. The van der Waals surface area contributed by atoms with Crippen LogP contribution >= 0.6 is 0 Å². The Hall–Kier alpha value is -1.78. The molecule has 232 valence electrons. The zero-order chi connectivity index (χ0) is 31.1. The van der Waals surface area contributed by atoms with Crippen LogP contribution in [0, 0.1) is 5.41 Å². The van der Waals surface area contributed by atoms with Gasteiger partial charge in [0.15, 0.2) is 8.32 Å². The number of hydrogen-bond acceptors (Lipinski definition) is 5. The van der Waals surface area contributed by atoms with Crippen LogP contribution in [0.4, 0.5) is 13.2 Å². The average Bonchev–Trinajstić information content (AvgIpc) is 3.15. The molecule has 0 radical (unpaired) electrons. The highest BCUT2D eigenvalue weighted by Crippen LogP contribution is 2.59. The molecule has 3 aliphatic rings. The van der Waals surface area contributed by atoms with Gasteiger partial charge in [0.25, 0.3) is 0 Å². The zero-order valence-electron chi connectivity index (χ0n) is 26.5. The summed E-state index contributed by atoms with van der Waals surface area (Å²) < 4.78 is 60.4. The molecule has 5 rings (SSSR count). The van der Waals surface area contributed by atoms with E-state index in [1.807, 2.05) is 0 Å². The monoisotopic (exact) mass is 605 g/mol. The lowest BCUT2D eigenvalue weighted by molar-refractivity contribution is -0.137. The van der Waals surface area contributed by atoms with Crippen molar-refractivity contribution in [1.29, 1.82) is 0 Å². The fourth-order valence-electron chi connectivity index (χ4n) is 6.61. The highest BCUT2D eigenvalue weighted by molar-refractivity contribution is 6.74. The van der Waals surface area contributed by atoms with E-state index in [1.165, 1.54) is 12.1 Å². The standard InChI is InChI=1S/C33H46F3NO4Si/c1-29(2,3)42(8,9)41-23-19-30(4,5)18-22-24(23)26-25(28(37-22)31(6,7)38)27(40-32(26)14-16-39-17-15-32)20-10-12-21(13-11-20)33(34,35)36/h10-13,23,27,38H,14-19H2,1-9H3/t23?,27-/m1/s1. The molecule has 1 N–H and O–H groups in total. The minimum atomic E-state index is -4.44. The fourth-order valence-corrected chi connectivity index (χ4v) is 7.88. The number of nitrogens with zero attached hydrogens (tertiary/aromatic N) is 1. The van der Waals surface area contributed by atoms with Gasteiger partial charge in [0, 0.05) is 42.9 Å². The van der Waals surface area contributed by atoms with E-state index in [9.17, 15) is 18.3 Å². The van der Waals surface area contributed by atoms with Crippen molar-refractivity contribution < 1.29 is 32.2 Å². The van der Waals surface area contributed by atoms with Crippen LogP contribution < -0.4 is 0 Å². The van der Waals surface area contributed by atoms with E-state index in [0.29, 0.717) is 37.3 Å². The number of rotatable bonds is 4. The van der Waals surface area contributed by atoms with Gasteiger partial charge in [-0.1, -0.05) is 46.8 Å². The topological polar surface area (TPSA) is 60.8 Å². The van der Waals surface area contributed by atoms with E-state index in [1.54, 1.807) is 13.8 Å². The van der Waals surface area contributed by atoms with Crippen molar-refractivity contribution >= 4 is 8.32 Å². The third kappa shape index (κ3) is 5.60. The van der Waals surface area contributed by atoms with E-state index in [2.05, 4.69) is 47.7 Å². The zero-order valence-corrected chi connectivity index (χ0v) is 27.5. The maximum atomic E-state index is 13.5. The summed E-state index contributed by atoms with van der Waals surface area (Å²) in [6, 6.07) is 5.20. The number of halogens is 3. The predicted octanol–water partition coefficient (Wildman–Crippen LogP) is 8.49. The Morgan fingerprint density at radius 1 is 0.976 bits per heavy atom. The van der Waals surface area contributed by atoms with Crippen molar-refractivity contribution in [2.75, 3.05) is 13.2 Å². The number of aromatic nitrogens is 1. The molecule has 0 bridgehead atoms. The van der Waals surface area contributed by atoms with Gasteiger partial charge in [-0.05, 0) is 73.5 Å². The van der Waals surface area contributed by atoms with Crippen molar-refractivity contribution in [3.63, 3.8) is 0 Å². The lowest BCUT2D eigenvalue weighted by Crippen LogP contribution is -2.45.